The largest absolute Gasteiger partial charge is 0.313 e. The van der Waals surface area contributed by atoms with E-state index in [9.17, 15) is 0 Å². The standard InChI is InChI=1S/C10H17N/c1-2-8-3-4-10(5-6-10)9(8)11-7-1/h8-9,11H,1-7H2. The van der Waals surface area contributed by atoms with E-state index < -0.39 is 0 Å². The van der Waals surface area contributed by atoms with E-state index in [4.69, 9.17) is 0 Å². The van der Waals surface area contributed by atoms with Crippen LogP contribution in [0.4, 0.5) is 0 Å². The van der Waals surface area contributed by atoms with Gasteiger partial charge >= 0.3 is 0 Å². The predicted molar refractivity (Wildman–Crippen MR) is 45.4 cm³/mol. The van der Waals surface area contributed by atoms with E-state index in [1.165, 1.54) is 45.1 Å². The number of hydrogen-bond acceptors (Lipinski definition) is 1. The number of hydrogen-bond donors (Lipinski definition) is 1. The molecule has 0 bridgehead atoms. The van der Waals surface area contributed by atoms with Crippen LogP contribution in [0.5, 0.6) is 0 Å². The lowest BCUT2D eigenvalue weighted by Gasteiger charge is -2.30. The van der Waals surface area contributed by atoms with E-state index in [1.807, 2.05) is 0 Å². The maximum Gasteiger partial charge on any atom is 0.0152 e. The normalized spacial score (nSPS) is 45.8. The number of nitrogens with one attached hydrogen (secondary N) is 1. The van der Waals surface area contributed by atoms with Gasteiger partial charge in [0.2, 0.25) is 0 Å². The highest BCUT2D eigenvalue weighted by Crippen LogP contribution is 2.60. The first kappa shape index (κ1) is 6.47. The SMILES string of the molecule is C1CNC2C(C1)CCC21CC1. The van der Waals surface area contributed by atoms with Crippen LogP contribution in [0.15, 0.2) is 0 Å². The summed E-state index contributed by atoms with van der Waals surface area (Å²) in [7, 11) is 0. The van der Waals surface area contributed by atoms with E-state index in [2.05, 4.69) is 5.32 Å². The molecule has 62 valence electrons. The monoisotopic (exact) mass is 151 g/mol. The van der Waals surface area contributed by atoms with Crippen LogP contribution in [0.1, 0.15) is 38.5 Å². The van der Waals surface area contributed by atoms with E-state index in [0.29, 0.717) is 0 Å². The molecule has 0 aromatic heterocycles. The van der Waals surface area contributed by atoms with Crippen LogP contribution < -0.4 is 5.32 Å². The molecule has 11 heavy (non-hydrogen) atoms. The van der Waals surface area contributed by atoms with Crippen molar-refractivity contribution in [3.8, 4) is 0 Å². The average Bonchev–Trinajstić information content (AvgIpc) is 2.72. The minimum Gasteiger partial charge on any atom is -0.313 e. The Balaban J connectivity index is 1.83. The molecule has 3 fully saturated rings. The molecule has 0 aromatic rings. The third kappa shape index (κ3) is 0.807. The Hall–Kier alpha value is -0.0400. The lowest BCUT2D eigenvalue weighted by Crippen LogP contribution is -2.42. The van der Waals surface area contributed by atoms with Crippen molar-refractivity contribution in [3.63, 3.8) is 0 Å². The molecule has 3 aliphatic rings. The molecule has 1 spiro atoms. The van der Waals surface area contributed by atoms with Crippen LogP contribution >= 0.6 is 0 Å². The summed E-state index contributed by atoms with van der Waals surface area (Å²) in [6, 6.07) is 0.941. The van der Waals surface area contributed by atoms with Gasteiger partial charge in [-0.15, -0.1) is 0 Å². The third-order valence-corrected chi connectivity index (χ3v) is 4.15. The van der Waals surface area contributed by atoms with Crippen molar-refractivity contribution >= 4 is 0 Å². The molecule has 2 aliphatic carbocycles. The summed E-state index contributed by atoms with van der Waals surface area (Å²) in [6.07, 6.45) is 9.06. The lowest BCUT2D eigenvalue weighted by atomic mass is 9.89. The molecule has 0 amide bonds. The minimum atomic E-state index is 0.824. The van der Waals surface area contributed by atoms with Gasteiger partial charge in [-0.2, -0.15) is 0 Å². The molecule has 1 nitrogen and oxygen atoms in total. The summed E-state index contributed by atoms with van der Waals surface area (Å²) in [5, 5.41) is 3.73. The van der Waals surface area contributed by atoms with Crippen LogP contribution in [-0.2, 0) is 0 Å². The molecular weight excluding hydrogens is 134 g/mol. The number of fused-ring (bicyclic) bond motifs is 2. The van der Waals surface area contributed by atoms with Crippen molar-refractivity contribution in [2.24, 2.45) is 11.3 Å². The Kier molecular flexibility index (Phi) is 1.18. The maximum atomic E-state index is 3.73. The molecule has 0 radical (unpaired) electrons. The first-order valence-corrected chi connectivity index (χ1v) is 5.14. The van der Waals surface area contributed by atoms with Crippen molar-refractivity contribution in [1.82, 2.24) is 5.32 Å². The second kappa shape index (κ2) is 2.01. The minimum absolute atomic E-state index is 0.824. The summed E-state index contributed by atoms with van der Waals surface area (Å²) in [6.45, 7) is 1.29. The molecule has 1 heteroatoms. The number of piperidine rings is 1. The van der Waals surface area contributed by atoms with Gasteiger partial charge in [0.15, 0.2) is 0 Å². The summed E-state index contributed by atoms with van der Waals surface area (Å²) in [5.41, 5.74) is 0.824. The van der Waals surface area contributed by atoms with Crippen LogP contribution in [0.25, 0.3) is 0 Å². The van der Waals surface area contributed by atoms with Gasteiger partial charge < -0.3 is 5.32 Å². The molecule has 0 aromatic carbocycles. The van der Waals surface area contributed by atoms with Gasteiger partial charge in [0, 0.05) is 6.04 Å². The van der Waals surface area contributed by atoms with Crippen molar-refractivity contribution in [2.75, 3.05) is 6.54 Å². The van der Waals surface area contributed by atoms with E-state index in [0.717, 1.165) is 17.4 Å². The van der Waals surface area contributed by atoms with Gasteiger partial charge in [-0.25, -0.2) is 0 Å². The molecule has 2 saturated carbocycles. The Bertz CT molecular complexity index is 172. The highest BCUT2D eigenvalue weighted by molar-refractivity contribution is 5.10. The smallest absolute Gasteiger partial charge is 0.0152 e. The summed E-state index contributed by atoms with van der Waals surface area (Å²) >= 11 is 0. The second-order valence-corrected chi connectivity index (χ2v) is 4.74. The topological polar surface area (TPSA) is 12.0 Å². The van der Waals surface area contributed by atoms with Gasteiger partial charge in [0.1, 0.15) is 0 Å². The summed E-state index contributed by atoms with van der Waals surface area (Å²) in [4.78, 5) is 0. The molecule has 1 N–H and O–H groups in total. The fourth-order valence-corrected chi connectivity index (χ4v) is 3.33. The van der Waals surface area contributed by atoms with Crippen molar-refractivity contribution in [1.29, 1.82) is 0 Å². The molecular formula is C10H17N. The van der Waals surface area contributed by atoms with Crippen LogP contribution in [0.2, 0.25) is 0 Å². The zero-order valence-electron chi connectivity index (χ0n) is 7.10. The van der Waals surface area contributed by atoms with Gasteiger partial charge in [-0.3, -0.25) is 0 Å². The van der Waals surface area contributed by atoms with Gasteiger partial charge in [-0.1, -0.05) is 0 Å². The highest BCUT2D eigenvalue weighted by atomic mass is 15.0. The fraction of sp³-hybridized carbons (Fsp3) is 1.00. The van der Waals surface area contributed by atoms with Crippen LogP contribution in [-0.4, -0.2) is 12.6 Å². The Morgan fingerprint density at radius 1 is 1.09 bits per heavy atom. The van der Waals surface area contributed by atoms with Crippen molar-refractivity contribution in [3.05, 3.63) is 0 Å². The van der Waals surface area contributed by atoms with E-state index in [1.54, 1.807) is 0 Å². The lowest BCUT2D eigenvalue weighted by molar-refractivity contribution is 0.264. The second-order valence-electron chi connectivity index (χ2n) is 4.74. The van der Waals surface area contributed by atoms with Gasteiger partial charge in [0.25, 0.3) is 0 Å². The highest BCUT2D eigenvalue weighted by Gasteiger charge is 2.55. The molecule has 2 unspecified atom stereocenters. The van der Waals surface area contributed by atoms with Gasteiger partial charge in [-0.05, 0) is 56.4 Å². The number of rotatable bonds is 0. The quantitative estimate of drug-likeness (QED) is 0.558. The zero-order chi connectivity index (χ0) is 7.31. The average molecular weight is 151 g/mol. The van der Waals surface area contributed by atoms with E-state index >= 15 is 0 Å². The Morgan fingerprint density at radius 3 is 2.82 bits per heavy atom. The molecule has 2 atom stereocenters. The molecule has 3 rings (SSSR count). The maximum absolute atomic E-state index is 3.73. The summed E-state index contributed by atoms with van der Waals surface area (Å²) < 4.78 is 0. The zero-order valence-corrected chi connectivity index (χ0v) is 7.10. The van der Waals surface area contributed by atoms with E-state index in [-0.39, 0.29) is 0 Å². The van der Waals surface area contributed by atoms with Crippen LogP contribution in [0.3, 0.4) is 0 Å². The van der Waals surface area contributed by atoms with Gasteiger partial charge in [0.05, 0.1) is 0 Å². The predicted octanol–water partition coefficient (Wildman–Crippen LogP) is 1.93. The Morgan fingerprint density at radius 2 is 2.00 bits per heavy atom. The van der Waals surface area contributed by atoms with Crippen molar-refractivity contribution < 1.29 is 0 Å². The fourth-order valence-electron chi connectivity index (χ4n) is 3.33. The third-order valence-electron chi connectivity index (χ3n) is 4.15. The molecule has 1 saturated heterocycles. The Labute approximate surface area is 68.6 Å². The first-order valence-electron chi connectivity index (χ1n) is 5.14. The molecule has 1 heterocycles. The van der Waals surface area contributed by atoms with Crippen LogP contribution in [0, 0.1) is 11.3 Å². The molecule has 1 aliphatic heterocycles. The summed E-state index contributed by atoms with van der Waals surface area (Å²) in [5.74, 6) is 1.06. The first-order chi connectivity index (χ1) is 5.41. The van der Waals surface area contributed by atoms with Crippen molar-refractivity contribution in [2.45, 2.75) is 44.6 Å².